The molecule has 1 N–H and O–H groups in total. The normalized spacial score (nSPS) is 17.9. The van der Waals surface area contributed by atoms with Gasteiger partial charge in [-0.05, 0) is 36.8 Å². The first-order chi connectivity index (χ1) is 11.1. The molecule has 1 aliphatic rings. The van der Waals surface area contributed by atoms with Gasteiger partial charge in [-0.2, -0.15) is 0 Å². The van der Waals surface area contributed by atoms with Gasteiger partial charge in [0.25, 0.3) is 0 Å². The topological polar surface area (TPSA) is 68.9 Å². The van der Waals surface area contributed by atoms with Gasteiger partial charge in [-0.1, -0.05) is 0 Å². The molecule has 1 aliphatic heterocycles. The van der Waals surface area contributed by atoms with Crippen molar-refractivity contribution in [2.24, 2.45) is 0 Å². The van der Waals surface area contributed by atoms with Crippen LogP contribution in [0.25, 0.3) is 21.7 Å². The van der Waals surface area contributed by atoms with E-state index in [1.807, 2.05) is 25.1 Å². The molecule has 5 nitrogen and oxygen atoms in total. The summed E-state index contributed by atoms with van der Waals surface area (Å²) in [5.74, 6) is 0.747. The average Bonchev–Trinajstić information content (AvgIpc) is 3.03. The van der Waals surface area contributed by atoms with Crippen LogP contribution < -0.4 is 10.4 Å². The summed E-state index contributed by atoms with van der Waals surface area (Å²) in [6, 6.07) is 8.71. The molecule has 23 heavy (non-hydrogen) atoms. The molecule has 1 fully saturated rings. The second-order valence-corrected chi connectivity index (χ2v) is 5.84. The van der Waals surface area contributed by atoms with Crippen LogP contribution in [0, 0.1) is 6.92 Å². The lowest BCUT2D eigenvalue weighted by atomic mass is 10.0. The minimum atomic E-state index is -0.441. The van der Waals surface area contributed by atoms with E-state index in [1.54, 1.807) is 6.07 Å². The van der Waals surface area contributed by atoms with Gasteiger partial charge in [0.15, 0.2) is 0 Å². The quantitative estimate of drug-likeness (QED) is 0.581. The Labute approximate surface area is 132 Å². The van der Waals surface area contributed by atoms with Crippen LogP contribution in [-0.2, 0) is 4.74 Å². The van der Waals surface area contributed by atoms with Crippen LogP contribution in [0.15, 0.2) is 39.5 Å². The summed E-state index contributed by atoms with van der Waals surface area (Å²) in [5.41, 5.74) is 0.670. The minimum Gasteiger partial charge on any atom is -0.508 e. The number of hydrogen-bond acceptors (Lipinski definition) is 5. The second-order valence-electron chi connectivity index (χ2n) is 5.84. The lowest BCUT2D eigenvalue weighted by Crippen LogP contribution is -2.15. The van der Waals surface area contributed by atoms with Gasteiger partial charge in [-0.3, -0.25) is 0 Å². The summed E-state index contributed by atoms with van der Waals surface area (Å²) >= 11 is 0. The summed E-state index contributed by atoms with van der Waals surface area (Å²) in [5, 5.41) is 11.8. The number of benzene rings is 2. The fraction of sp³-hybridized carbons (Fsp3) is 0.278. The smallest absolute Gasteiger partial charge is 0.344 e. The van der Waals surface area contributed by atoms with E-state index >= 15 is 0 Å². The number of aromatic hydroxyl groups is 1. The zero-order valence-corrected chi connectivity index (χ0v) is 12.7. The van der Waals surface area contributed by atoms with Crippen LogP contribution in [0.4, 0.5) is 0 Å². The monoisotopic (exact) mass is 312 g/mol. The van der Waals surface area contributed by atoms with Gasteiger partial charge in [0.1, 0.15) is 23.2 Å². The number of rotatable bonds is 2. The minimum absolute atomic E-state index is 0.0270. The molecule has 118 valence electrons. The highest BCUT2D eigenvalue weighted by Gasteiger charge is 2.18. The maximum atomic E-state index is 12.2. The van der Waals surface area contributed by atoms with Crippen molar-refractivity contribution in [3.8, 4) is 11.5 Å². The van der Waals surface area contributed by atoms with E-state index < -0.39 is 5.63 Å². The Kier molecular flexibility index (Phi) is 3.23. The van der Waals surface area contributed by atoms with Gasteiger partial charge in [-0.25, -0.2) is 4.79 Å². The Morgan fingerprint density at radius 2 is 2.04 bits per heavy atom. The molecule has 2 aromatic carbocycles. The number of ether oxygens (including phenoxy) is 2. The Balaban J connectivity index is 1.88. The highest BCUT2D eigenvalue weighted by molar-refractivity contribution is 6.05. The number of fused-ring (bicyclic) bond motifs is 3. The largest absolute Gasteiger partial charge is 0.508 e. The van der Waals surface area contributed by atoms with Crippen LogP contribution in [0.5, 0.6) is 11.5 Å². The maximum Gasteiger partial charge on any atom is 0.344 e. The summed E-state index contributed by atoms with van der Waals surface area (Å²) < 4.78 is 16.5. The highest BCUT2D eigenvalue weighted by atomic mass is 16.5. The number of phenols is 1. The van der Waals surface area contributed by atoms with Crippen LogP contribution in [0.1, 0.15) is 12.0 Å². The molecule has 3 aromatic rings. The van der Waals surface area contributed by atoms with E-state index in [-0.39, 0.29) is 11.9 Å². The number of aryl methyl sites for hydroxylation is 1. The molecule has 0 amide bonds. The SMILES string of the molecule is Cc1cc2c(cc1O)oc(=O)c1cc(O[C@H]3CCOC3)ccc12. The first kappa shape index (κ1) is 14.1. The average molecular weight is 312 g/mol. The van der Waals surface area contributed by atoms with Crippen LogP contribution >= 0.6 is 0 Å². The van der Waals surface area contributed by atoms with Gasteiger partial charge < -0.3 is 19.0 Å². The molecule has 0 saturated carbocycles. The van der Waals surface area contributed by atoms with E-state index in [9.17, 15) is 9.90 Å². The van der Waals surface area contributed by atoms with Gasteiger partial charge in [0, 0.05) is 23.3 Å². The summed E-state index contributed by atoms with van der Waals surface area (Å²) in [4.78, 5) is 12.2. The van der Waals surface area contributed by atoms with E-state index in [1.165, 1.54) is 6.07 Å². The van der Waals surface area contributed by atoms with Crippen molar-refractivity contribution in [1.29, 1.82) is 0 Å². The highest BCUT2D eigenvalue weighted by Crippen LogP contribution is 2.30. The Morgan fingerprint density at radius 3 is 2.83 bits per heavy atom. The van der Waals surface area contributed by atoms with Crippen LogP contribution in [-0.4, -0.2) is 24.4 Å². The van der Waals surface area contributed by atoms with Gasteiger partial charge in [0.05, 0.1) is 18.6 Å². The fourth-order valence-corrected chi connectivity index (χ4v) is 2.93. The van der Waals surface area contributed by atoms with Crippen molar-refractivity contribution in [3.05, 3.63) is 46.3 Å². The first-order valence-corrected chi connectivity index (χ1v) is 7.56. The summed E-state index contributed by atoms with van der Waals surface area (Å²) in [6.45, 7) is 3.08. The lowest BCUT2D eigenvalue weighted by Gasteiger charge is -2.12. The van der Waals surface area contributed by atoms with Crippen molar-refractivity contribution >= 4 is 21.7 Å². The third-order valence-electron chi connectivity index (χ3n) is 4.19. The van der Waals surface area contributed by atoms with Crippen molar-refractivity contribution in [2.75, 3.05) is 13.2 Å². The molecule has 1 aromatic heterocycles. The molecule has 0 spiro atoms. The van der Waals surface area contributed by atoms with Crippen LogP contribution in [0.2, 0.25) is 0 Å². The van der Waals surface area contributed by atoms with Gasteiger partial charge in [-0.15, -0.1) is 0 Å². The predicted molar refractivity (Wildman–Crippen MR) is 86.2 cm³/mol. The molecule has 5 heteroatoms. The van der Waals surface area contributed by atoms with E-state index in [0.29, 0.717) is 29.9 Å². The Bertz CT molecular complexity index is 951. The lowest BCUT2D eigenvalue weighted by molar-refractivity contribution is 0.141. The predicted octanol–water partition coefficient (Wildman–Crippen LogP) is 3.13. The summed E-state index contributed by atoms with van der Waals surface area (Å²) in [6.07, 6.45) is 0.877. The molecule has 0 radical (unpaired) electrons. The molecule has 0 aliphatic carbocycles. The number of phenolic OH excluding ortho intramolecular Hbond substituents is 1. The third-order valence-corrected chi connectivity index (χ3v) is 4.19. The zero-order chi connectivity index (χ0) is 16.0. The first-order valence-electron chi connectivity index (χ1n) is 7.56. The molecule has 1 atom stereocenters. The maximum absolute atomic E-state index is 12.2. The molecule has 1 saturated heterocycles. The van der Waals surface area contributed by atoms with Crippen molar-refractivity contribution < 1.29 is 19.0 Å². The molecule has 4 rings (SSSR count). The Morgan fingerprint density at radius 1 is 1.17 bits per heavy atom. The number of hydrogen-bond donors (Lipinski definition) is 1. The Hall–Kier alpha value is -2.53. The molecule has 0 bridgehead atoms. The summed E-state index contributed by atoms with van der Waals surface area (Å²) in [7, 11) is 0. The van der Waals surface area contributed by atoms with Crippen molar-refractivity contribution in [2.45, 2.75) is 19.4 Å². The fourth-order valence-electron chi connectivity index (χ4n) is 2.93. The zero-order valence-electron chi connectivity index (χ0n) is 12.7. The second kappa shape index (κ2) is 5.28. The molecular weight excluding hydrogens is 296 g/mol. The van der Waals surface area contributed by atoms with E-state index in [4.69, 9.17) is 13.9 Å². The molecule has 0 unspecified atom stereocenters. The van der Waals surface area contributed by atoms with Crippen molar-refractivity contribution in [3.63, 3.8) is 0 Å². The van der Waals surface area contributed by atoms with E-state index in [0.717, 1.165) is 22.8 Å². The standard InChI is InChI=1S/C18H16O5/c1-10-6-14-13-3-2-11(22-12-4-5-21-9-12)7-15(13)18(20)23-17(14)8-16(10)19/h2-3,6-8,12,19H,4-5,9H2,1H3/t12-/m0/s1. The van der Waals surface area contributed by atoms with Crippen molar-refractivity contribution in [1.82, 2.24) is 0 Å². The third kappa shape index (κ3) is 2.43. The van der Waals surface area contributed by atoms with Gasteiger partial charge >= 0.3 is 5.63 Å². The van der Waals surface area contributed by atoms with Crippen LogP contribution in [0.3, 0.4) is 0 Å². The molecular formula is C18H16O5. The molecule has 2 heterocycles. The van der Waals surface area contributed by atoms with Gasteiger partial charge in [0.2, 0.25) is 0 Å². The van der Waals surface area contributed by atoms with E-state index in [2.05, 4.69) is 0 Å².